The number of hydrogen-bond acceptors (Lipinski definition) is 9. The lowest BCUT2D eigenvalue weighted by Gasteiger charge is -2.52. The monoisotopic (exact) mass is 569 g/mol. The fraction of sp³-hybridized carbons (Fsp3) is 0.478. The number of hydrogen-bond donors (Lipinski definition) is 4. The Morgan fingerprint density at radius 3 is 2.43 bits per heavy atom. The Labute approximate surface area is 211 Å². The van der Waals surface area contributed by atoms with Crippen molar-refractivity contribution in [1.82, 2.24) is 0 Å². The number of phenolic OH excluding ortho intramolecular Hbond substituents is 1. The summed E-state index contributed by atoms with van der Waals surface area (Å²) in [6.45, 7) is 1.57. The maximum Gasteiger partial charge on any atom is 0.235 e. The third-order valence-corrected chi connectivity index (χ3v) is 8.52. The van der Waals surface area contributed by atoms with Crippen LogP contribution in [0, 0.1) is 23.7 Å². The van der Waals surface area contributed by atoms with E-state index in [0.29, 0.717) is 0 Å². The lowest BCUT2D eigenvalue weighted by atomic mass is 9.50. The van der Waals surface area contributed by atoms with Gasteiger partial charge in [0.25, 0.3) is 0 Å². The predicted molar refractivity (Wildman–Crippen MR) is 122 cm³/mol. The number of carbonyl (C=O) groups is 6. The van der Waals surface area contributed by atoms with E-state index in [9.17, 15) is 44.1 Å². The Morgan fingerprint density at radius 1 is 1.23 bits per heavy atom. The highest BCUT2D eigenvalue weighted by atomic mass is 79.9. The van der Waals surface area contributed by atoms with E-state index in [1.165, 1.54) is 6.07 Å². The predicted octanol–water partition coefficient (Wildman–Crippen LogP) is 0.0186. The minimum absolute atomic E-state index is 0.00843. The number of Topliss-reactive ketones (excluding diaryl/α,β-unsaturated/α-hetero) is 5. The highest BCUT2D eigenvalue weighted by Gasteiger charge is 2.69. The third-order valence-electron chi connectivity index (χ3n) is 7.55. The summed E-state index contributed by atoms with van der Waals surface area (Å²) in [4.78, 5) is 76.2. The Balaban J connectivity index is 1.88. The first-order valence-electron chi connectivity index (χ1n) is 10.8. The lowest BCUT2D eigenvalue weighted by Crippen LogP contribution is -2.72. The SMILES string of the molecule is C[C@H]1c2cc(Cl)c(CC(=O)CBr)c(O)c2C(=O)C2C(=O)[C@]3(O)C(=O)C(C(N)=O)C(=O)C[C@@H]3[C@@H](O)[C@@H]21. The molecule has 1 aromatic carbocycles. The highest BCUT2D eigenvalue weighted by molar-refractivity contribution is 9.09. The van der Waals surface area contributed by atoms with Crippen molar-refractivity contribution in [2.24, 2.45) is 29.4 Å². The number of phenols is 1. The minimum atomic E-state index is -2.99. The van der Waals surface area contributed by atoms with E-state index in [1.54, 1.807) is 6.92 Å². The van der Waals surface area contributed by atoms with Gasteiger partial charge in [0.05, 0.1) is 22.9 Å². The van der Waals surface area contributed by atoms with Gasteiger partial charge in [0, 0.05) is 35.3 Å². The quantitative estimate of drug-likeness (QED) is 0.286. The van der Waals surface area contributed by atoms with Crippen LogP contribution in [0.4, 0.5) is 0 Å². The van der Waals surface area contributed by atoms with Crippen LogP contribution in [0.25, 0.3) is 0 Å². The molecule has 12 heteroatoms. The topological polar surface area (TPSA) is 189 Å². The molecule has 0 bridgehead atoms. The first-order valence-corrected chi connectivity index (χ1v) is 12.3. The summed E-state index contributed by atoms with van der Waals surface area (Å²) in [6, 6.07) is 1.38. The standard InChI is InChI=1S/C23H21BrClNO9/c1-6-8-3-11(25)9(2-7(27)5-24)17(29)14(8)19(31)16-13(6)18(30)10-4-12(28)15(22(26)34)20(32)23(10,35)21(16)33/h3,6,10,13,15-16,18,29-30,35H,2,4-5H2,1H3,(H2,26,34)/t6-,10+,13+,15?,16?,18+,23+/m0/s1. The van der Waals surface area contributed by atoms with Crippen molar-refractivity contribution in [2.75, 3.05) is 5.33 Å². The number of ketones is 5. The number of fused-ring (bicyclic) bond motifs is 3. The van der Waals surface area contributed by atoms with Crippen LogP contribution in [0.2, 0.25) is 5.02 Å². The molecule has 0 spiro atoms. The maximum atomic E-state index is 13.6. The van der Waals surface area contributed by atoms with Crippen LogP contribution in [0.5, 0.6) is 5.75 Å². The van der Waals surface area contributed by atoms with Crippen molar-refractivity contribution >= 4 is 62.4 Å². The van der Waals surface area contributed by atoms with Gasteiger partial charge in [-0.2, -0.15) is 0 Å². The number of halogens is 2. The summed E-state index contributed by atoms with van der Waals surface area (Å²) >= 11 is 9.31. The second kappa shape index (κ2) is 8.58. The van der Waals surface area contributed by atoms with Crippen LogP contribution in [0.3, 0.4) is 0 Å². The smallest absolute Gasteiger partial charge is 0.235 e. The average molecular weight is 571 g/mol. The number of benzene rings is 1. The molecule has 3 aliphatic rings. The van der Waals surface area contributed by atoms with Crippen molar-refractivity contribution in [1.29, 1.82) is 0 Å². The fourth-order valence-corrected chi connectivity index (χ4v) is 6.31. The molecule has 2 unspecified atom stereocenters. The van der Waals surface area contributed by atoms with Crippen LogP contribution >= 0.6 is 27.5 Å². The zero-order valence-corrected chi connectivity index (χ0v) is 20.6. The van der Waals surface area contributed by atoms with Gasteiger partial charge in [-0.25, -0.2) is 0 Å². The molecule has 7 atom stereocenters. The highest BCUT2D eigenvalue weighted by Crippen LogP contribution is 2.54. The van der Waals surface area contributed by atoms with E-state index in [0.717, 1.165) is 0 Å². The van der Waals surface area contributed by atoms with E-state index in [2.05, 4.69) is 15.9 Å². The fourth-order valence-electron chi connectivity index (χ4n) is 5.84. The number of carbonyl (C=O) groups excluding carboxylic acids is 6. The molecule has 1 aromatic rings. The Morgan fingerprint density at radius 2 is 1.86 bits per heavy atom. The second-order valence-electron chi connectivity index (χ2n) is 9.30. The minimum Gasteiger partial charge on any atom is -0.507 e. The Bertz CT molecular complexity index is 1230. The zero-order valence-electron chi connectivity index (χ0n) is 18.3. The third kappa shape index (κ3) is 3.43. The number of aliphatic hydroxyl groups excluding tert-OH is 1. The molecule has 0 radical (unpaired) electrons. The number of aromatic hydroxyl groups is 1. The number of aliphatic hydroxyl groups is 2. The van der Waals surface area contributed by atoms with Crippen molar-refractivity contribution in [3.8, 4) is 5.75 Å². The summed E-state index contributed by atoms with van der Waals surface area (Å²) < 4.78 is 0. The molecule has 5 N–H and O–H groups in total. The molecule has 186 valence electrons. The number of alkyl halides is 1. The van der Waals surface area contributed by atoms with Gasteiger partial charge in [-0.05, 0) is 17.5 Å². The van der Waals surface area contributed by atoms with Crippen molar-refractivity contribution < 1.29 is 44.1 Å². The molecular weight excluding hydrogens is 550 g/mol. The molecular formula is C23H21BrClNO9. The van der Waals surface area contributed by atoms with Crippen LogP contribution in [-0.4, -0.2) is 67.2 Å². The first kappa shape index (κ1) is 25.6. The molecule has 0 saturated heterocycles. The van der Waals surface area contributed by atoms with E-state index >= 15 is 0 Å². The molecule has 2 saturated carbocycles. The van der Waals surface area contributed by atoms with Gasteiger partial charge in [0.2, 0.25) is 5.91 Å². The van der Waals surface area contributed by atoms with Gasteiger partial charge >= 0.3 is 0 Å². The molecule has 4 rings (SSSR count). The van der Waals surface area contributed by atoms with Crippen LogP contribution in [0.15, 0.2) is 6.07 Å². The Hall–Kier alpha value is -2.47. The molecule has 0 heterocycles. The van der Waals surface area contributed by atoms with E-state index in [-0.39, 0.29) is 39.2 Å². The van der Waals surface area contributed by atoms with Crippen molar-refractivity contribution in [3.05, 3.63) is 27.8 Å². The molecule has 10 nitrogen and oxygen atoms in total. The average Bonchev–Trinajstić information content (AvgIpc) is 2.78. The number of rotatable bonds is 4. The van der Waals surface area contributed by atoms with E-state index in [1.807, 2.05) is 0 Å². The second-order valence-corrected chi connectivity index (χ2v) is 10.3. The van der Waals surface area contributed by atoms with Crippen molar-refractivity contribution in [2.45, 2.75) is 37.4 Å². The molecule has 0 aromatic heterocycles. The van der Waals surface area contributed by atoms with E-state index in [4.69, 9.17) is 17.3 Å². The van der Waals surface area contributed by atoms with Gasteiger partial charge in [-0.1, -0.05) is 34.5 Å². The van der Waals surface area contributed by atoms with Crippen LogP contribution < -0.4 is 5.73 Å². The zero-order chi connectivity index (χ0) is 26.1. The summed E-state index contributed by atoms with van der Waals surface area (Å²) in [5.74, 6) is -14.3. The number of nitrogens with two attached hydrogens (primary N) is 1. The summed E-state index contributed by atoms with van der Waals surface area (Å²) in [7, 11) is 0. The maximum absolute atomic E-state index is 13.6. The largest absolute Gasteiger partial charge is 0.507 e. The first-order chi connectivity index (χ1) is 16.3. The van der Waals surface area contributed by atoms with Gasteiger partial charge in [0.1, 0.15) is 11.5 Å². The summed E-state index contributed by atoms with van der Waals surface area (Å²) in [5.41, 5.74) is 2.05. The summed E-state index contributed by atoms with van der Waals surface area (Å²) in [6.07, 6.45) is -2.63. The van der Waals surface area contributed by atoms with Crippen molar-refractivity contribution in [3.63, 3.8) is 0 Å². The molecule has 3 aliphatic carbocycles. The molecule has 2 fully saturated rings. The Kier molecular flexibility index (Phi) is 6.28. The van der Waals surface area contributed by atoms with Gasteiger partial charge < -0.3 is 21.1 Å². The lowest BCUT2D eigenvalue weighted by molar-refractivity contribution is -0.189. The molecule has 35 heavy (non-hydrogen) atoms. The summed E-state index contributed by atoms with van der Waals surface area (Å²) in [5, 5.41) is 33.3. The normalized spacial score (nSPS) is 34.2. The number of primary amides is 1. The van der Waals surface area contributed by atoms with Crippen LogP contribution in [0.1, 0.15) is 40.7 Å². The van der Waals surface area contributed by atoms with Gasteiger partial charge in [-0.15, -0.1) is 0 Å². The number of amides is 1. The molecule has 1 amide bonds. The van der Waals surface area contributed by atoms with E-state index < -0.39 is 82.5 Å². The van der Waals surface area contributed by atoms with Crippen LogP contribution in [-0.2, 0) is 30.4 Å². The van der Waals surface area contributed by atoms with Gasteiger partial charge in [0.15, 0.2) is 34.7 Å². The van der Waals surface area contributed by atoms with Gasteiger partial charge in [-0.3, -0.25) is 28.8 Å². The molecule has 0 aliphatic heterocycles.